The molecule has 1 fully saturated rings. The molecule has 1 aromatic rings. The van der Waals surface area contributed by atoms with Crippen molar-refractivity contribution in [2.24, 2.45) is 17.8 Å². The average Bonchev–Trinajstić information content (AvgIpc) is 2.55. The molecule has 24 heavy (non-hydrogen) atoms. The lowest BCUT2D eigenvalue weighted by Gasteiger charge is -2.38. The van der Waals surface area contributed by atoms with E-state index in [1.807, 2.05) is 0 Å². The van der Waals surface area contributed by atoms with E-state index >= 15 is 0 Å². The van der Waals surface area contributed by atoms with Crippen molar-refractivity contribution in [3.8, 4) is 0 Å². The van der Waals surface area contributed by atoms with Gasteiger partial charge in [-0.3, -0.25) is 9.59 Å². The summed E-state index contributed by atoms with van der Waals surface area (Å²) in [6.07, 6.45) is 2.31. The first-order valence-electron chi connectivity index (χ1n) is 8.24. The maximum atomic E-state index is 13.0. The van der Waals surface area contributed by atoms with E-state index in [1.54, 1.807) is 30.0 Å². The summed E-state index contributed by atoms with van der Waals surface area (Å²) in [5.74, 6) is -1.34. The monoisotopic (exact) mass is 333 g/mol. The first-order chi connectivity index (χ1) is 11.3. The zero-order valence-corrected chi connectivity index (χ0v) is 14.3. The molecule has 0 aliphatic carbocycles. The molecule has 1 aliphatic rings. The maximum Gasteiger partial charge on any atom is 0.308 e. The number of nitrogens with zero attached hydrogens (tertiary/aromatic N) is 1. The average molecular weight is 333 g/mol. The fourth-order valence-corrected chi connectivity index (χ4v) is 3.09. The van der Waals surface area contributed by atoms with Crippen molar-refractivity contribution < 1.29 is 19.1 Å². The van der Waals surface area contributed by atoms with E-state index in [-0.39, 0.29) is 24.2 Å². The highest BCUT2D eigenvalue weighted by Crippen LogP contribution is 2.28. The molecule has 4 nitrogen and oxygen atoms in total. The fourth-order valence-electron chi connectivity index (χ4n) is 3.09. The second kappa shape index (κ2) is 7.60. The number of carboxylic acids is 1. The lowest BCUT2D eigenvalue weighted by Crippen LogP contribution is -2.47. The van der Waals surface area contributed by atoms with Crippen LogP contribution in [0.4, 0.5) is 4.39 Å². The van der Waals surface area contributed by atoms with Crippen molar-refractivity contribution in [2.45, 2.75) is 27.2 Å². The Kier molecular flexibility index (Phi) is 5.75. The minimum atomic E-state index is -0.849. The van der Waals surface area contributed by atoms with E-state index in [4.69, 9.17) is 0 Å². The number of benzene rings is 1. The zero-order chi connectivity index (χ0) is 17.9. The number of hydrogen-bond acceptors (Lipinski definition) is 2. The van der Waals surface area contributed by atoms with Crippen molar-refractivity contribution in [1.82, 2.24) is 4.90 Å². The van der Waals surface area contributed by atoms with Crippen LogP contribution in [0, 0.1) is 23.6 Å². The third kappa shape index (κ3) is 4.43. The summed E-state index contributed by atoms with van der Waals surface area (Å²) >= 11 is 0. The van der Waals surface area contributed by atoms with Gasteiger partial charge in [-0.1, -0.05) is 26.0 Å². The molecule has 1 saturated heterocycles. The van der Waals surface area contributed by atoms with Crippen molar-refractivity contribution in [1.29, 1.82) is 0 Å². The number of amides is 1. The predicted molar refractivity (Wildman–Crippen MR) is 90.7 cm³/mol. The number of rotatable bonds is 4. The van der Waals surface area contributed by atoms with Crippen molar-refractivity contribution >= 4 is 18.0 Å². The quantitative estimate of drug-likeness (QED) is 0.859. The molecule has 0 aromatic heterocycles. The van der Waals surface area contributed by atoms with Gasteiger partial charge in [-0.15, -0.1) is 0 Å². The van der Waals surface area contributed by atoms with Gasteiger partial charge in [-0.05, 0) is 49.0 Å². The van der Waals surface area contributed by atoms with Gasteiger partial charge in [0.25, 0.3) is 0 Å². The van der Waals surface area contributed by atoms with E-state index in [1.165, 1.54) is 12.1 Å². The Labute approximate surface area is 142 Å². The Morgan fingerprint density at radius 1 is 1.25 bits per heavy atom. The van der Waals surface area contributed by atoms with Crippen LogP contribution in [0.15, 0.2) is 29.8 Å². The number of aliphatic carboxylic acids is 1. The molecular formula is C19H24FNO3. The Hall–Kier alpha value is -2.17. The molecule has 0 radical (unpaired) electrons. The molecule has 1 heterocycles. The first-order valence-corrected chi connectivity index (χ1v) is 8.24. The van der Waals surface area contributed by atoms with Crippen LogP contribution >= 0.6 is 0 Å². The Morgan fingerprint density at radius 3 is 2.42 bits per heavy atom. The maximum absolute atomic E-state index is 13.0. The van der Waals surface area contributed by atoms with E-state index in [0.29, 0.717) is 24.5 Å². The topological polar surface area (TPSA) is 57.6 Å². The number of likely N-dealkylation sites (tertiary alicyclic amines) is 1. The Bertz CT molecular complexity index is 637. The molecule has 0 spiro atoms. The molecule has 1 amide bonds. The lowest BCUT2D eigenvalue weighted by molar-refractivity contribution is -0.146. The van der Waals surface area contributed by atoms with E-state index in [0.717, 1.165) is 5.56 Å². The Morgan fingerprint density at radius 2 is 1.88 bits per heavy atom. The fraction of sp³-hybridized carbons (Fsp3) is 0.474. The van der Waals surface area contributed by atoms with Gasteiger partial charge in [0, 0.05) is 18.7 Å². The van der Waals surface area contributed by atoms with Gasteiger partial charge >= 0.3 is 5.97 Å². The number of carbonyl (C=O) groups is 2. The molecule has 1 N–H and O–H groups in total. The highest BCUT2D eigenvalue weighted by atomic mass is 19.1. The number of piperidine rings is 1. The van der Waals surface area contributed by atoms with Gasteiger partial charge in [0.1, 0.15) is 5.82 Å². The van der Waals surface area contributed by atoms with Crippen LogP contribution in [0.5, 0.6) is 0 Å². The number of halogens is 1. The van der Waals surface area contributed by atoms with Crippen molar-refractivity contribution in [3.63, 3.8) is 0 Å². The Balaban J connectivity index is 2.16. The van der Waals surface area contributed by atoms with E-state index < -0.39 is 11.9 Å². The van der Waals surface area contributed by atoms with Gasteiger partial charge in [-0.2, -0.15) is 0 Å². The molecular weight excluding hydrogens is 309 g/mol. The molecule has 0 saturated carbocycles. The molecule has 2 unspecified atom stereocenters. The van der Waals surface area contributed by atoms with Gasteiger partial charge in [-0.25, -0.2) is 4.39 Å². The lowest BCUT2D eigenvalue weighted by atomic mass is 9.82. The third-order valence-corrected chi connectivity index (χ3v) is 4.65. The molecule has 130 valence electrons. The van der Waals surface area contributed by atoms with Gasteiger partial charge < -0.3 is 10.0 Å². The van der Waals surface area contributed by atoms with Crippen LogP contribution in [-0.4, -0.2) is 35.0 Å². The standard InChI is InChI=1S/C19H24FNO3/c1-12(2)15-9-16(19(23)24)11-21(10-15)18(22)13(3)8-14-4-6-17(20)7-5-14/h4-8,12,15-16H,9-11H2,1-3H3,(H,23,24)/b13-8+. The summed E-state index contributed by atoms with van der Waals surface area (Å²) in [6, 6.07) is 5.91. The molecule has 1 aliphatic heterocycles. The van der Waals surface area contributed by atoms with Gasteiger partial charge in [0.15, 0.2) is 0 Å². The SMILES string of the molecule is C/C(=C\c1ccc(F)cc1)C(=O)N1CC(C(=O)O)CC(C(C)C)C1. The second-order valence-electron chi connectivity index (χ2n) is 6.86. The summed E-state index contributed by atoms with van der Waals surface area (Å²) in [5, 5.41) is 9.35. The van der Waals surface area contributed by atoms with Crippen LogP contribution in [0.25, 0.3) is 6.08 Å². The predicted octanol–water partition coefficient (Wildman–Crippen LogP) is 3.43. The molecule has 5 heteroatoms. The number of hydrogen-bond donors (Lipinski definition) is 1. The van der Waals surface area contributed by atoms with Crippen LogP contribution in [-0.2, 0) is 9.59 Å². The largest absolute Gasteiger partial charge is 0.481 e. The van der Waals surface area contributed by atoms with Crippen LogP contribution in [0.2, 0.25) is 0 Å². The van der Waals surface area contributed by atoms with Gasteiger partial charge in [0.2, 0.25) is 5.91 Å². The smallest absolute Gasteiger partial charge is 0.308 e. The highest BCUT2D eigenvalue weighted by molar-refractivity contribution is 5.97. The van der Waals surface area contributed by atoms with Crippen LogP contribution in [0.1, 0.15) is 32.8 Å². The van der Waals surface area contributed by atoms with Crippen molar-refractivity contribution in [3.05, 3.63) is 41.2 Å². The number of carboxylic acid groups (broad SMARTS) is 1. The van der Waals surface area contributed by atoms with Gasteiger partial charge in [0.05, 0.1) is 5.92 Å². The van der Waals surface area contributed by atoms with Crippen molar-refractivity contribution in [2.75, 3.05) is 13.1 Å². The second-order valence-corrected chi connectivity index (χ2v) is 6.86. The summed E-state index contributed by atoms with van der Waals surface area (Å²) < 4.78 is 13.0. The summed E-state index contributed by atoms with van der Waals surface area (Å²) in [5.41, 5.74) is 1.27. The molecule has 1 aromatic carbocycles. The summed E-state index contributed by atoms with van der Waals surface area (Å²) in [7, 11) is 0. The molecule has 0 bridgehead atoms. The first kappa shape index (κ1) is 18.2. The minimum absolute atomic E-state index is 0.157. The highest BCUT2D eigenvalue weighted by Gasteiger charge is 2.35. The molecule has 2 rings (SSSR count). The molecule has 2 atom stereocenters. The zero-order valence-electron chi connectivity index (χ0n) is 14.3. The minimum Gasteiger partial charge on any atom is -0.481 e. The normalized spacial score (nSPS) is 21.9. The summed E-state index contributed by atoms with van der Waals surface area (Å²) in [4.78, 5) is 25.7. The summed E-state index contributed by atoms with van der Waals surface area (Å²) in [6.45, 7) is 6.64. The van der Waals surface area contributed by atoms with Crippen LogP contribution < -0.4 is 0 Å². The number of carbonyl (C=O) groups excluding carboxylic acids is 1. The third-order valence-electron chi connectivity index (χ3n) is 4.65. The van der Waals surface area contributed by atoms with E-state index in [9.17, 15) is 19.1 Å². The van der Waals surface area contributed by atoms with Crippen LogP contribution in [0.3, 0.4) is 0 Å². The van der Waals surface area contributed by atoms with E-state index in [2.05, 4.69) is 13.8 Å².